The predicted octanol–water partition coefficient (Wildman–Crippen LogP) is 1.78. The van der Waals surface area contributed by atoms with Crippen molar-refractivity contribution in [2.45, 2.75) is 25.9 Å². The van der Waals surface area contributed by atoms with Crippen molar-refractivity contribution in [1.82, 2.24) is 4.90 Å². The zero-order valence-electron chi connectivity index (χ0n) is 11.5. The highest BCUT2D eigenvalue weighted by atomic mass is 19.3. The quantitative estimate of drug-likeness (QED) is 0.741. The summed E-state index contributed by atoms with van der Waals surface area (Å²) in [5.41, 5.74) is 7.53. The van der Waals surface area contributed by atoms with Crippen molar-refractivity contribution in [3.63, 3.8) is 0 Å². The van der Waals surface area contributed by atoms with Crippen molar-refractivity contribution in [2.24, 2.45) is 5.73 Å². The fraction of sp³-hybridized carbons (Fsp3) is 0.500. The first-order chi connectivity index (χ1) is 9.52. The van der Waals surface area contributed by atoms with Gasteiger partial charge in [0.2, 0.25) is 5.91 Å². The second-order valence-corrected chi connectivity index (χ2v) is 4.49. The van der Waals surface area contributed by atoms with E-state index < -0.39 is 13.0 Å². The Morgan fingerprint density at radius 3 is 2.45 bits per heavy atom. The van der Waals surface area contributed by atoms with Gasteiger partial charge in [0, 0.05) is 20.1 Å². The maximum absolute atomic E-state index is 11.8. The van der Waals surface area contributed by atoms with Gasteiger partial charge >= 0.3 is 0 Å². The molecule has 1 aromatic carbocycles. The van der Waals surface area contributed by atoms with Crippen LogP contribution < -0.4 is 5.73 Å². The zero-order chi connectivity index (χ0) is 15.0. The van der Waals surface area contributed by atoms with E-state index in [1.165, 1.54) is 0 Å². The average Bonchev–Trinajstić information content (AvgIpc) is 2.44. The summed E-state index contributed by atoms with van der Waals surface area (Å²) in [7, 11) is 1.67. The van der Waals surface area contributed by atoms with Crippen LogP contribution in [-0.4, -0.2) is 37.5 Å². The molecule has 6 heteroatoms. The normalized spacial score (nSPS) is 10.8. The summed E-state index contributed by atoms with van der Waals surface area (Å²) in [6.45, 7) is 0.340. The molecule has 0 fully saturated rings. The molecule has 4 nitrogen and oxygen atoms in total. The molecule has 1 amide bonds. The molecule has 0 aliphatic rings. The van der Waals surface area contributed by atoms with Crippen LogP contribution in [0, 0.1) is 0 Å². The Morgan fingerprint density at radius 2 is 1.90 bits per heavy atom. The molecule has 0 aliphatic heterocycles. The van der Waals surface area contributed by atoms with Crippen LogP contribution in [0.1, 0.15) is 17.5 Å². The lowest BCUT2D eigenvalue weighted by Crippen LogP contribution is -2.27. The summed E-state index contributed by atoms with van der Waals surface area (Å²) >= 11 is 0. The van der Waals surface area contributed by atoms with Crippen molar-refractivity contribution in [1.29, 1.82) is 0 Å². The Morgan fingerprint density at radius 1 is 1.30 bits per heavy atom. The van der Waals surface area contributed by atoms with Crippen molar-refractivity contribution in [2.75, 3.05) is 20.3 Å². The second-order valence-electron chi connectivity index (χ2n) is 4.49. The number of hydrogen-bond donors (Lipinski definition) is 1. The van der Waals surface area contributed by atoms with Gasteiger partial charge in [-0.25, -0.2) is 8.78 Å². The topological polar surface area (TPSA) is 55.6 Å². The molecular formula is C14H20F2N2O2. The highest BCUT2D eigenvalue weighted by molar-refractivity contribution is 5.75. The van der Waals surface area contributed by atoms with E-state index in [1.807, 2.05) is 24.3 Å². The third kappa shape index (κ3) is 6.08. The summed E-state index contributed by atoms with van der Waals surface area (Å²) in [5.74, 6) is -0.137. The zero-order valence-corrected chi connectivity index (χ0v) is 11.5. The van der Waals surface area contributed by atoms with Crippen molar-refractivity contribution in [3.05, 3.63) is 35.4 Å². The highest BCUT2D eigenvalue weighted by Crippen LogP contribution is 2.07. The number of nitrogens with zero attached hydrogens (tertiary/aromatic N) is 1. The van der Waals surface area contributed by atoms with Gasteiger partial charge in [0.15, 0.2) is 0 Å². The second kappa shape index (κ2) is 8.60. The van der Waals surface area contributed by atoms with Gasteiger partial charge in [-0.1, -0.05) is 24.3 Å². The molecule has 0 bridgehead atoms. The molecule has 0 saturated heterocycles. The molecular weight excluding hydrogens is 266 g/mol. The first-order valence-electron chi connectivity index (χ1n) is 6.40. The fourth-order valence-electron chi connectivity index (χ4n) is 1.67. The van der Waals surface area contributed by atoms with E-state index >= 15 is 0 Å². The van der Waals surface area contributed by atoms with Crippen LogP contribution in [0.25, 0.3) is 0 Å². The molecule has 0 radical (unpaired) electrons. The Balaban J connectivity index is 2.33. The van der Waals surface area contributed by atoms with Crippen molar-refractivity contribution >= 4 is 5.91 Å². The highest BCUT2D eigenvalue weighted by Gasteiger charge is 2.10. The van der Waals surface area contributed by atoms with E-state index in [4.69, 9.17) is 5.73 Å². The van der Waals surface area contributed by atoms with Gasteiger partial charge in [0.05, 0.1) is 13.0 Å². The number of ether oxygens (including phenoxy) is 1. The maximum Gasteiger partial charge on any atom is 0.261 e. The summed E-state index contributed by atoms with van der Waals surface area (Å²) in [6.07, 6.45) is -2.40. The molecule has 112 valence electrons. The largest absolute Gasteiger partial charge is 0.375 e. The molecule has 0 unspecified atom stereocenters. The lowest BCUT2D eigenvalue weighted by Gasteiger charge is -2.17. The third-order valence-corrected chi connectivity index (χ3v) is 2.81. The number of hydrogen-bond acceptors (Lipinski definition) is 3. The molecule has 0 aliphatic carbocycles. The molecule has 0 spiro atoms. The number of halogens is 2. The summed E-state index contributed by atoms with van der Waals surface area (Å²) in [4.78, 5) is 13.3. The van der Waals surface area contributed by atoms with E-state index in [-0.39, 0.29) is 18.9 Å². The first kappa shape index (κ1) is 16.5. The minimum absolute atomic E-state index is 0.0135. The number of amides is 1. The summed E-state index contributed by atoms with van der Waals surface area (Å²) in [6, 6.07) is 7.66. The van der Waals surface area contributed by atoms with Crippen LogP contribution in [0.15, 0.2) is 24.3 Å². The lowest BCUT2D eigenvalue weighted by molar-refractivity contribution is -0.132. The number of nitrogens with two attached hydrogens (primary N) is 1. The van der Waals surface area contributed by atoms with E-state index in [9.17, 15) is 13.6 Å². The maximum atomic E-state index is 11.8. The van der Waals surface area contributed by atoms with E-state index in [0.717, 1.165) is 11.1 Å². The van der Waals surface area contributed by atoms with Crippen molar-refractivity contribution < 1.29 is 18.3 Å². The monoisotopic (exact) mass is 286 g/mol. The lowest BCUT2D eigenvalue weighted by atomic mass is 10.1. The Labute approximate surface area is 117 Å². The Bertz CT molecular complexity index is 410. The molecule has 0 atom stereocenters. The minimum atomic E-state index is -2.50. The van der Waals surface area contributed by atoms with Gasteiger partial charge in [-0.2, -0.15) is 0 Å². The molecule has 1 aromatic rings. The van der Waals surface area contributed by atoms with Crippen LogP contribution >= 0.6 is 0 Å². The summed E-state index contributed by atoms with van der Waals surface area (Å²) < 4.78 is 28.4. The van der Waals surface area contributed by atoms with Crippen LogP contribution in [0.2, 0.25) is 0 Å². The van der Waals surface area contributed by atoms with Crippen molar-refractivity contribution in [3.8, 4) is 0 Å². The number of alkyl halides is 2. The molecule has 0 heterocycles. The number of carbonyl (C=O) groups is 1. The Hall–Kier alpha value is -1.53. The Kier molecular flexibility index (Phi) is 7.11. The van der Waals surface area contributed by atoms with E-state index in [0.29, 0.717) is 13.1 Å². The third-order valence-electron chi connectivity index (χ3n) is 2.81. The van der Waals surface area contributed by atoms with Crippen LogP contribution in [-0.2, 0) is 22.6 Å². The van der Waals surface area contributed by atoms with Crippen LogP contribution in [0.3, 0.4) is 0 Å². The molecule has 20 heavy (non-hydrogen) atoms. The fourth-order valence-corrected chi connectivity index (χ4v) is 1.67. The minimum Gasteiger partial charge on any atom is -0.375 e. The van der Waals surface area contributed by atoms with Crippen LogP contribution in [0.5, 0.6) is 0 Å². The average molecular weight is 286 g/mol. The number of carbonyl (C=O) groups excluding carboxylic acids is 1. The van der Waals surface area contributed by atoms with Gasteiger partial charge in [0.1, 0.15) is 6.61 Å². The summed E-state index contributed by atoms with van der Waals surface area (Å²) in [5, 5.41) is 0. The van der Waals surface area contributed by atoms with Gasteiger partial charge in [0.25, 0.3) is 6.43 Å². The van der Waals surface area contributed by atoms with Gasteiger partial charge in [-0.3, -0.25) is 4.79 Å². The standard InChI is InChI=1S/C14H20F2N2O2/c1-18(14(19)6-7-20-10-13(15)16)9-12-4-2-11(8-17)3-5-12/h2-5,13H,6-10,17H2,1H3. The molecule has 2 N–H and O–H groups in total. The van der Waals surface area contributed by atoms with E-state index in [1.54, 1.807) is 11.9 Å². The molecule has 0 aromatic heterocycles. The molecule has 1 rings (SSSR count). The van der Waals surface area contributed by atoms with Gasteiger partial charge < -0.3 is 15.4 Å². The van der Waals surface area contributed by atoms with Gasteiger partial charge in [-0.15, -0.1) is 0 Å². The first-order valence-corrected chi connectivity index (χ1v) is 6.40. The predicted molar refractivity (Wildman–Crippen MR) is 72.2 cm³/mol. The molecule has 0 saturated carbocycles. The van der Waals surface area contributed by atoms with Gasteiger partial charge in [-0.05, 0) is 11.1 Å². The smallest absolute Gasteiger partial charge is 0.261 e. The number of benzene rings is 1. The SMILES string of the molecule is CN(Cc1ccc(CN)cc1)C(=O)CCOCC(F)F. The van der Waals surface area contributed by atoms with E-state index in [2.05, 4.69) is 4.74 Å². The van der Waals surface area contributed by atoms with Crippen LogP contribution in [0.4, 0.5) is 8.78 Å². The number of rotatable bonds is 8.